The van der Waals surface area contributed by atoms with E-state index in [1.54, 1.807) is 12.1 Å². The van der Waals surface area contributed by atoms with Gasteiger partial charge < -0.3 is 15.4 Å². The van der Waals surface area contributed by atoms with E-state index in [1.165, 1.54) is 12.1 Å². The first-order valence-corrected chi connectivity index (χ1v) is 7.80. The van der Waals surface area contributed by atoms with Gasteiger partial charge in [-0.15, -0.1) is 12.4 Å². The summed E-state index contributed by atoms with van der Waals surface area (Å²) >= 11 is 0. The molecular weight excluding hydrogens is 340 g/mol. The van der Waals surface area contributed by atoms with E-state index >= 15 is 0 Å². The molecule has 5 nitrogen and oxygen atoms in total. The van der Waals surface area contributed by atoms with Crippen LogP contribution in [-0.4, -0.2) is 56.2 Å². The number of hydrogen-bond acceptors (Lipinski definition) is 4. The molecule has 1 amide bonds. The number of halogens is 3. The maximum absolute atomic E-state index is 12.1. The van der Waals surface area contributed by atoms with Gasteiger partial charge in [0.15, 0.2) is 0 Å². The molecule has 1 heterocycles. The molecule has 136 valence electrons. The minimum atomic E-state index is -2.81. The number of rotatable bonds is 7. The number of piperazine rings is 1. The van der Waals surface area contributed by atoms with E-state index < -0.39 is 6.61 Å². The number of alkyl halides is 2. The summed E-state index contributed by atoms with van der Waals surface area (Å²) in [6.45, 7) is 2.90. The Kier molecular flexibility index (Phi) is 8.95. The van der Waals surface area contributed by atoms with Crippen molar-refractivity contribution in [3.8, 4) is 5.75 Å². The maximum Gasteiger partial charge on any atom is 0.387 e. The van der Waals surface area contributed by atoms with Crippen LogP contribution in [0.4, 0.5) is 8.78 Å². The fraction of sp³-hybridized carbons (Fsp3) is 0.562. The van der Waals surface area contributed by atoms with Crippen molar-refractivity contribution in [1.82, 2.24) is 15.5 Å². The van der Waals surface area contributed by atoms with Gasteiger partial charge in [-0.25, -0.2) is 0 Å². The van der Waals surface area contributed by atoms with E-state index in [4.69, 9.17) is 0 Å². The first kappa shape index (κ1) is 20.6. The van der Waals surface area contributed by atoms with Gasteiger partial charge >= 0.3 is 6.61 Å². The molecule has 0 radical (unpaired) electrons. The van der Waals surface area contributed by atoms with Crippen molar-refractivity contribution >= 4 is 18.3 Å². The lowest BCUT2D eigenvalue weighted by Gasteiger charge is -2.33. The quantitative estimate of drug-likeness (QED) is 0.773. The van der Waals surface area contributed by atoms with E-state index in [-0.39, 0.29) is 24.1 Å². The fourth-order valence-corrected chi connectivity index (χ4v) is 2.54. The van der Waals surface area contributed by atoms with Crippen molar-refractivity contribution in [2.75, 3.05) is 32.7 Å². The number of benzene rings is 1. The highest BCUT2D eigenvalue weighted by molar-refractivity contribution is 5.85. The zero-order chi connectivity index (χ0) is 16.7. The third-order valence-electron chi connectivity index (χ3n) is 3.87. The molecule has 1 aromatic rings. The van der Waals surface area contributed by atoms with Crippen LogP contribution < -0.4 is 15.4 Å². The van der Waals surface area contributed by atoms with Crippen molar-refractivity contribution in [2.24, 2.45) is 0 Å². The normalized spacial score (nSPS) is 18.1. The van der Waals surface area contributed by atoms with E-state index in [2.05, 4.69) is 27.2 Å². The summed E-state index contributed by atoms with van der Waals surface area (Å²) in [4.78, 5) is 14.1. The maximum atomic E-state index is 12.1. The van der Waals surface area contributed by atoms with Gasteiger partial charge in [-0.3, -0.25) is 9.69 Å². The number of ether oxygens (including phenoxy) is 1. The molecule has 1 aliphatic rings. The van der Waals surface area contributed by atoms with Crippen LogP contribution >= 0.6 is 12.4 Å². The molecule has 8 heteroatoms. The van der Waals surface area contributed by atoms with Gasteiger partial charge in [-0.1, -0.05) is 12.1 Å². The minimum Gasteiger partial charge on any atom is -0.435 e. The van der Waals surface area contributed by atoms with Crippen LogP contribution in [0.15, 0.2) is 24.3 Å². The molecule has 2 rings (SSSR count). The van der Waals surface area contributed by atoms with Crippen molar-refractivity contribution in [3.63, 3.8) is 0 Å². The third-order valence-corrected chi connectivity index (χ3v) is 3.87. The number of hydrogen-bond donors (Lipinski definition) is 2. The Morgan fingerprint density at radius 1 is 1.42 bits per heavy atom. The topological polar surface area (TPSA) is 53.6 Å². The number of carbonyl (C=O) groups is 1. The predicted molar refractivity (Wildman–Crippen MR) is 90.9 cm³/mol. The van der Waals surface area contributed by atoms with Crippen LogP contribution in [0, 0.1) is 0 Å². The Bertz CT molecular complexity index is 503. The Balaban J connectivity index is 0.00000288. The first-order valence-electron chi connectivity index (χ1n) is 7.80. The molecule has 0 unspecified atom stereocenters. The highest BCUT2D eigenvalue weighted by Crippen LogP contribution is 2.14. The second-order valence-electron chi connectivity index (χ2n) is 5.65. The van der Waals surface area contributed by atoms with Crippen molar-refractivity contribution < 1.29 is 18.3 Å². The van der Waals surface area contributed by atoms with Gasteiger partial charge in [0.25, 0.3) is 0 Å². The van der Waals surface area contributed by atoms with Crippen LogP contribution in [0.25, 0.3) is 0 Å². The van der Waals surface area contributed by atoms with Crippen LogP contribution in [0.5, 0.6) is 5.75 Å². The highest BCUT2D eigenvalue weighted by Gasteiger charge is 2.19. The van der Waals surface area contributed by atoms with Crippen molar-refractivity contribution in [3.05, 3.63) is 29.8 Å². The zero-order valence-electron chi connectivity index (χ0n) is 13.6. The number of carbonyl (C=O) groups excluding carboxylic acids is 1. The second-order valence-corrected chi connectivity index (χ2v) is 5.65. The summed E-state index contributed by atoms with van der Waals surface area (Å²) in [6.07, 6.45) is 0.651. The average molecular weight is 364 g/mol. The van der Waals surface area contributed by atoms with Gasteiger partial charge in [-0.2, -0.15) is 8.78 Å². The SMILES string of the molecule is C[C@H]1CNCCN1CC(=O)NCCc1ccc(OC(F)F)cc1.Cl. The van der Waals surface area contributed by atoms with E-state index in [0.29, 0.717) is 25.6 Å². The van der Waals surface area contributed by atoms with Gasteiger partial charge in [-0.05, 0) is 31.0 Å². The molecule has 1 aromatic carbocycles. The molecule has 24 heavy (non-hydrogen) atoms. The van der Waals surface area contributed by atoms with E-state index in [1.807, 2.05) is 0 Å². The summed E-state index contributed by atoms with van der Waals surface area (Å²) in [5, 5.41) is 6.18. The molecule has 1 atom stereocenters. The van der Waals surface area contributed by atoms with Crippen molar-refractivity contribution in [2.45, 2.75) is 26.0 Å². The molecule has 1 saturated heterocycles. The lowest BCUT2D eigenvalue weighted by molar-refractivity contribution is -0.122. The summed E-state index contributed by atoms with van der Waals surface area (Å²) in [5.74, 6) is 0.150. The molecule has 0 bridgehead atoms. The molecule has 1 fully saturated rings. The van der Waals surface area contributed by atoms with Gasteiger partial charge in [0, 0.05) is 32.2 Å². The second kappa shape index (κ2) is 10.4. The van der Waals surface area contributed by atoms with E-state index in [9.17, 15) is 13.6 Å². The predicted octanol–water partition coefficient (Wildman–Crippen LogP) is 1.66. The van der Waals surface area contributed by atoms with Gasteiger partial charge in [0.1, 0.15) is 5.75 Å². The summed E-state index contributed by atoms with van der Waals surface area (Å²) in [6, 6.07) is 6.82. The lowest BCUT2D eigenvalue weighted by Crippen LogP contribution is -2.52. The van der Waals surface area contributed by atoms with Crippen molar-refractivity contribution in [1.29, 1.82) is 0 Å². The minimum absolute atomic E-state index is 0. The molecule has 1 aliphatic heterocycles. The third kappa shape index (κ3) is 6.98. The largest absolute Gasteiger partial charge is 0.435 e. The van der Waals surface area contributed by atoms with Crippen LogP contribution in [0.2, 0.25) is 0 Å². The molecular formula is C16H24ClF2N3O2. The Hall–Kier alpha value is -1.44. The molecule has 0 spiro atoms. The smallest absolute Gasteiger partial charge is 0.387 e. The summed E-state index contributed by atoms with van der Waals surface area (Å²) in [5.41, 5.74) is 0.961. The summed E-state index contributed by atoms with van der Waals surface area (Å²) < 4.78 is 28.4. The van der Waals surface area contributed by atoms with Crippen LogP contribution in [-0.2, 0) is 11.2 Å². The monoisotopic (exact) mass is 363 g/mol. The molecule has 0 aliphatic carbocycles. The zero-order valence-corrected chi connectivity index (χ0v) is 14.5. The standard InChI is InChI=1S/C16H23F2N3O2.ClH/c1-12-10-19-8-9-21(12)11-15(22)20-7-6-13-2-4-14(5-3-13)23-16(17)18;/h2-5,12,16,19H,6-11H2,1H3,(H,20,22);1H/t12-;/m0./s1. The average Bonchev–Trinajstić information content (AvgIpc) is 2.51. The van der Waals surface area contributed by atoms with Crippen LogP contribution in [0.3, 0.4) is 0 Å². The number of nitrogens with one attached hydrogen (secondary N) is 2. The Morgan fingerprint density at radius 2 is 2.12 bits per heavy atom. The lowest BCUT2D eigenvalue weighted by atomic mass is 10.1. The van der Waals surface area contributed by atoms with E-state index in [0.717, 1.165) is 25.2 Å². The summed E-state index contributed by atoms with van der Waals surface area (Å²) in [7, 11) is 0. The first-order chi connectivity index (χ1) is 11.0. The molecule has 0 saturated carbocycles. The number of amides is 1. The Labute approximate surface area is 147 Å². The molecule has 0 aromatic heterocycles. The van der Waals surface area contributed by atoms with Gasteiger partial charge in [0.2, 0.25) is 5.91 Å². The molecule has 2 N–H and O–H groups in total. The highest BCUT2D eigenvalue weighted by atomic mass is 35.5. The van der Waals surface area contributed by atoms with Crippen LogP contribution in [0.1, 0.15) is 12.5 Å². The van der Waals surface area contributed by atoms with Gasteiger partial charge in [0.05, 0.1) is 6.54 Å². The number of nitrogens with zero attached hydrogens (tertiary/aromatic N) is 1. The Morgan fingerprint density at radius 3 is 2.75 bits per heavy atom. The fourth-order valence-electron chi connectivity index (χ4n) is 2.54.